The number of carbonyl (C=O) groups is 1. The van der Waals surface area contributed by atoms with Crippen LogP contribution in [0.1, 0.15) is 18.4 Å². The first kappa shape index (κ1) is 13.1. The van der Waals surface area contributed by atoms with Gasteiger partial charge in [0.05, 0.1) is 0 Å². The summed E-state index contributed by atoms with van der Waals surface area (Å²) in [7, 11) is 0. The highest BCUT2D eigenvalue weighted by Crippen LogP contribution is 2.22. The van der Waals surface area contributed by atoms with E-state index in [0.717, 1.165) is 5.56 Å². The highest BCUT2D eigenvalue weighted by molar-refractivity contribution is 5.65. The molecule has 2 N–H and O–H groups in total. The fraction of sp³-hybridized carbons (Fsp3) is 0.188. The molecule has 1 atom stereocenters. The minimum atomic E-state index is -0.979. The fourth-order valence-corrected chi connectivity index (χ4v) is 1.99. The average Bonchev–Trinajstić information content (AvgIpc) is 2.46. The molecule has 2 aromatic carbocycles. The third-order valence-corrected chi connectivity index (χ3v) is 3.15. The van der Waals surface area contributed by atoms with Crippen molar-refractivity contribution in [3.8, 4) is 11.1 Å². The number of nitrogens with one attached hydrogen (secondary N) is 1. The Hall–Kier alpha value is -2.29. The van der Waals surface area contributed by atoms with Gasteiger partial charge >= 0.3 is 6.09 Å². The third-order valence-electron chi connectivity index (χ3n) is 3.15. The van der Waals surface area contributed by atoms with E-state index < -0.39 is 6.09 Å². The Morgan fingerprint density at radius 3 is 2.21 bits per heavy atom. The first-order valence-corrected chi connectivity index (χ1v) is 6.29. The van der Waals surface area contributed by atoms with Gasteiger partial charge in [0.2, 0.25) is 0 Å². The lowest BCUT2D eigenvalue weighted by atomic mass is 9.97. The van der Waals surface area contributed by atoms with Gasteiger partial charge in [0, 0.05) is 6.54 Å². The molecule has 0 bridgehead atoms. The van der Waals surface area contributed by atoms with Gasteiger partial charge in [0.1, 0.15) is 0 Å². The van der Waals surface area contributed by atoms with Crippen molar-refractivity contribution in [2.75, 3.05) is 6.54 Å². The van der Waals surface area contributed by atoms with Gasteiger partial charge in [0.15, 0.2) is 0 Å². The zero-order valence-corrected chi connectivity index (χ0v) is 10.8. The van der Waals surface area contributed by atoms with Crippen LogP contribution in [0.5, 0.6) is 0 Å². The van der Waals surface area contributed by atoms with Gasteiger partial charge in [-0.05, 0) is 22.6 Å². The highest BCUT2D eigenvalue weighted by atomic mass is 16.4. The largest absolute Gasteiger partial charge is 0.465 e. The quantitative estimate of drug-likeness (QED) is 0.874. The van der Waals surface area contributed by atoms with Crippen LogP contribution in [-0.2, 0) is 0 Å². The summed E-state index contributed by atoms with van der Waals surface area (Å²) < 4.78 is 0. The Morgan fingerprint density at radius 2 is 1.63 bits per heavy atom. The van der Waals surface area contributed by atoms with Crippen molar-refractivity contribution in [2.24, 2.45) is 0 Å². The average molecular weight is 255 g/mol. The molecule has 2 aromatic rings. The molecule has 0 fully saturated rings. The lowest BCUT2D eigenvalue weighted by Crippen LogP contribution is -2.25. The van der Waals surface area contributed by atoms with Crippen LogP contribution in [0, 0.1) is 0 Å². The summed E-state index contributed by atoms with van der Waals surface area (Å²) in [6.07, 6.45) is -0.979. The zero-order chi connectivity index (χ0) is 13.7. The third kappa shape index (κ3) is 3.58. The molecule has 2 rings (SSSR count). The van der Waals surface area contributed by atoms with E-state index in [4.69, 9.17) is 5.11 Å². The van der Waals surface area contributed by atoms with Crippen molar-refractivity contribution in [3.63, 3.8) is 0 Å². The molecule has 19 heavy (non-hydrogen) atoms. The Kier molecular flexibility index (Phi) is 4.18. The predicted molar refractivity (Wildman–Crippen MR) is 76.3 cm³/mol. The highest BCUT2D eigenvalue weighted by Gasteiger charge is 2.07. The molecular weight excluding hydrogens is 238 g/mol. The van der Waals surface area contributed by atoms with Crippen molar-refractivity contribution in [3.05, 3.63) is 60.2 Å². The van der Waals surface area contributed by atoms with Crippen LogP contribution in [0.3, 0.4) is 0 Å². The van der Waals surface area contributed by atoms with Gasteiger partial charge in [-0.15, -0.1) is 0 Å². The molecule has 3 heteroatoms. The van der Waals surface area contributed by atoms with Crippen molar-refractivity contribution in [1.82, 2.24) is 5.32 Å². The number of rotatable bonds is 4. The lowest BCUT2D eigenvalue weighted by Gasteiger charge is -2.12. The first-order chi connectivity index (χ1) is 9.16. The van der Waals surface area contributed by atoms with Crippen molar-refractivity contribution >= 4 is 6.09 Å². The van der Waals surface area contributed by atoms with Gasteiger partial charge < -0.3 is 10.4 Å². The minimum absolute atomic E-state index is 0.168. The van der Waals surface area contributed by atoms with Gasteiger partial charge in [-0.2, -0.15) is 0 Å². The molecule has 0 spiro atoms. The normalized spacial score (nSPS) is 11.8. The number of amides is 1. The Balaban J connectivity index is 2.08. The summed E-state index contributed by atoms with van der Waals surface area (Å²) in [6.45, 7) is 2.44. The second-order valence-electron chi connectivity index (χ2n) is 4.58. The maximum Gasteiger partial charge on any atom is 0.404 e. The maximum absolute atomic E-state index is 10.5. The molecule has 0 radical (unpaired) electrons. The van der Waals surface area contributed by atoms with Crippen LogP contribution in [0.4, 0.5) is 4.79 Å². The zero-order valence-electron chi connectivity index (χ0n) is 10.8. The molecule has 0 saturated carbocycles. The molecule has 0 aliphatic heterocycles. The minimum Gasteiger partial charge on any atom is -0.465 e. The van der Waals surface area contributed by atoms with E-state index in [1.807, 2.05) is 25.1 Å². The molecule has 3 nitrogen and oxygen atoms in total. The number of hydrogen-bond donors (Lipinski definition) is 2. The van der Waals surface area contributed by atoms with Gasteiger partial charge in [-0.1, -0.05) is 61.5 Å². The number of carboxylic acid groups (broad SMARTS) is 1. The first-order valence-electron chi connectivity index (χ1n) is 6.29. The van der Waals surface area contributed by atoms with Gasteiger partial charge in [-0.25, -0.2) is 4.79 Å². The van der Waals surface area contributed by atoms with Crippen molar-refractivity contribution in [1.29, 1.82) is 0 Å². The van der Waals surface area contributed by atoms with Gasteiger partial charge in [0.25, 0.3) is 0 Å². The molecule has 1 amide bonds. The van der Waals surface area contributed by atoms with Crippen LogP contribution in [0.2, 0.25) is 0 Å². The number of benzene rings is 2. The maximum atomic E-state index is 10.5. The monoisotopic (exact) mass is 255 g/mol. The van der Waals surface area contributed by atoms with E-state index >= 15 is 0 Å². The van der Waals surface area contributed by atoms with E-state index in [1.54, 1.807) is 0 Å². The summed E-state index contributed by atoms with van der Waals surface area (Å²) in [5, 5.41) is 11.0. The standard InChI is InChI=1S/C16H17NO2/c1-12(11-17-16(18)19)13-7-9-15(10-8-13)14-5-3-2-4-6-14/h2-10,12,17H,11H2,1H3,(H,18,19). The molecule has 0 heterocycles. The Bertz CT molecular complexity index is 534. The molecule has 1 unspecified atom stereocenters. The van der Waals surface area contributed by atoms with E-state index in [1.165, 1.54) is 11.1 Å². The number of hydrogen-bond acceptors (Lipinski definition) is 1. The molecule has 0 aliphatic carbocycles. The summed E-state index contributed by atoms with van der Waals surface area (Å²) in [4.78, 5) is 10.5. The lowest BCUT2D eigenvalue weighted by molar-refractivity contribution is 0.194. The second-order valence-corrected chi connectivity index (χ2v) is 4.58. The summed E-state index contributed by atoms with van der Waals surface area (Å²) in [5.41, 5.74) is 3.49. The van der Waals surface area contributed by atoms with Crippen LogP contribution in [-0.4, -0.2) is 17.7 Å². The topological polar surface area (TPSA) is 49.3 Å². The van der Waals surface area contributed by atoms with Crippen molar-refractivity contribution < 1.29 is 9.90 Å². The smallest absolute Gasteiger partial charge is 0.404 e. The van der Waals surface area contributed by atoms with Crippen LogP contribution in [0.15, 0.2) is 54.6 Å². The summed E-state index contributed by atoms with van der Waals surface area (Å²) in [6, 6.07) is 18.4. The van der Waals surface area contributed by atoms with Crippen LogP contribution >= 0.6 is 0 Å². The molecule has 0 aliphatic rings. The van der Waals surface area contributed by atoms with Gasteiger partial charge in [-0.3, -0.25) is 0 Å². The SMILES string of the molecule is CC(CNC(=O)O)c1ccc(-c2ccccc2)cc1. The van der Waals surface area contributed by atoms with E-state index in [2.05, 4.69) is 41.7 Å². The molecule has 0 aromatic heterocycles. The fourth-order valence-electron chi connectivity index (χ4n) is 1.99. The Labute approximate surface area is 112 Å². The molecule has 0 saturated heterocycles. The van der Waals surface area contributed by atoms with Crippen LogP contribution in [0.25, 0.3) is 11.1 Å². The predicted octanol–water partition coefficient (Wildman–Crippen LogP) is 3.72. The van der Waals surface area contributed by atoms with E-state index in [9.17, 15) is 4.79 Å². The van der Waals surface area contributed by atoms with Crippen LogP contribution < -0.4 is 5.32 Å². The van der Waals surface area contributed by atoms with E-state index in [0.29, 0.717) is 6.54 Å². The van der Waals surface area contributed by atoms with Crippen molar-refractivity contribution in [2.45, 2.75) is 12.8 Å². The summed E-state index contributed by atoms with van der Waals surface area (Å²) >= 11 is 0. The Morgan fingerprint density at radius 1 is 1.05 bits per heavy atom. The van der Waals surface area contributed by atoms with E-state index in [-0.39, 0.29) is 5.92 Å². The molecular formula is C16H17NO2. The second kappa shape index (κ2) is 6.05. The molecule has 98 valence electrons. The summed E-state index contributed by atoms with van der Waals surface area (Å²) in [5.74, 6) is 0.168.